The number of carbonyl (C=O) groups excluding carboxylic acids is 1. The molecule has 3 aromatic rings. The molecule has 0 aliphatic carbocycles. The maximum absolute atomic E-state index is 14.1. The van der Waals surface area contributed by atoms with Crippen molar-refractivity contribution >= 4 is 45.4 Å². The Morgan fingerprint density at radius 2 is 1.98 bits per heavy atom. The molecule has 230 valence electrons. The van der Waals surface area contributed by atoms with Crippen LogP contribution in [0.1, 0.15) is 34.6 Å². The maximum Gasteiger partial charge on any atom is 0.420 e. The van der Waals surface area contributed by atoms with Gasteiger partial charge >= 0.3 is 6.18 Å². The summed E-state index contributed by atoms with van der Waals surface area (Å²) < 4.78 is 60.4. The van der Waals surface area contributed by atoms with Crippen molar-refractivity contribution in [3.8, 4) is 10.6 Å². The van der Waals surface area contributed by atoms with E-state index in [0.717, 1.165) is 61.6 Å². The van der Waals surface area contributed by atoms with Gasteiger partial charge in [0.15, 0.2) is 0 Å². The molecule has 6 rings (SSSR count). The Bertz CT molecular complexity index is 1560. The molecule has 2 aromatic heterocycles. The number of rotatable bonds is 6. The standard InChI is InChI=1S/C29H33F3N6O3S2/c1-4-18-11-19(37-7-8-38(17(2)14-37)20-15-41-16-20)5-6-22(18)34-28-33-13-21(29(30,31)32)25(35-28)23-12-24-26(42-23)27(39)36(3)9-10-43(24)40/h5-6,11-13,17,20H,4,7-10,14-16H2,1-3H3,(H,33,34,35). The number of thiophene rings is 1. The highest BCUT2D eigenvalue weighted by atomic mass is 32.2. The van der Waals surface area contributed by atoms with Crippen LogP contribution in [0.3, 0.4) is 0 Å². The number of ether oxygens (including phenoxy) is 1. The van der Waals surface area contributed by atoms with E-state index in [1.807, 2.05) is 19.1 Å². The number of alkyl halides is 3. The number of aryl methyl sites for hydroxylation is 1. The van der Waals surface area contributed by atoms with Gasteiger partial charge in [-0.2, -0.15) is 13.2 Å². The zero-order valence-electron chi connectivity index (χ0n) is 24.1. The molecular weight excluding hydrogens is 601 g/mol. The number of aromatic nitrogens is 2. The van der Waals surface area contributed by atoms with Crippen LogP contribution in [0, 0.1) is 0 Å². The first-order valence-corrected chi connectivity index (χ1v) is 16.4. The predicted octanol–water partition coefficient (Wildman–Crippen LogP) is 4.63. The topological polar surface area (TPSA) is 90.9 Å². The van der Waals surface area contributed by atoms with Crippen molar-refractivity contribution in [3.05, 3.63) is 46.5 Å². The molecular formula is C29H33F3N6O3S2. The van der Waals surface area contributed by atoms with Gasteiger partial charge in [0.1, 0.15) is 10.4 Å². The maximum atomic E-state index is 14.1. The van der Waals surface area contributed by atoms with Gasteiger partial charge in [-0.1, -0.05) is 6.92 Å². The van der Waals surface area contributed by atoms with E-state index in [1.165, 1.54) is 11.0 Å². The zero-order chi connectivity index (χ0) is 30.5. The number of nitrogens with one attached hydrogen (secondary N) is 1. The second-order valence-electron chi connectivity index (χ2n) is 11.1. The Hall–Kier alpha value is -3.07. The molecule has 0 radical (unpaired) electrons. The van der Waals surface area contributed by atoms with Gasteiger partial charge in [0.05, 0.1) is 45.5 Å². The number of anilines is 3. The quantitative estimate of drug-likeness (QED) is 0.420. The highest BCUT2D eigenvalue weighted by Crippen LogP contribution is 2.41. The normalized spacial score (nSPS) is 21.9. The summed E-state index contributed by atoms with van der Waals surface area (Å²) in [7, 11) is 0.0775. The molecule has 3 aliphatic rings. The molecule has 2 fully saturated rings. The summed E-state index contributed by atoms with van der Waals surface area (Å²) in [5.74, 6) is -0.143. The van der Waals surface area contributed by atoms with Gasteiger partial charge in [-0.15, -0.1) is 11.3 Å². The molecule has 5 heterocycles. The minimum atomic E-state index is -4.72. The van der Waals surface area contributed by atoms with Gasteiger partial charge in [0, 0.05) is 62.6 Å². The van der Waals surface area contributed by atoms with Crippen molar-refractivity contribution in [1.82, 2.24) is 19.8 Å². The third-order valence-corrected chi connectivity index (χ3v) is 10.9. The van der Waals surface area contributed by atoms with Crippen LogP contribution in [0.15, 0.2) is 35.4 Å². The highest BCUT2D eigenvalue weighted by Gasteiger charge is 2.38. The predicted molar refractivity (Wildman–Crippen MR) is 161 cm³/mol. The van der Waals surface area contributed by atoms with E-state index in [4.69, 9.17) is 4.74 Å². The molecule has 2 unspecified atom stereocenters. The summed E-state index contributed by atoms with van der Waals surface area (Å²) in [4.78, 5) is 28.0. The number of hydrogen-bond donors (Lipinski definition) is 1. The smallest absolute Gasteiger partial charge is 0.378 e. The van der Waals surface area contributed by atoms with Gasteiger partial charge in [0.2, 0.25) is 5.95 Å². The summed E-state index contributed by atoms with van der Waals surface area (Å²) in [6.45, 7) is 8.90. The first-order valence-electron chi connectivity index (χ1n) is 14.2. The lowest BCUT2D eigenvalue weighted by Gasteiger charge is -2.47. The molecule has 0 saturated carbocycles. The lowest BCUT2D eigenvalue weighted by atomic mass is 10.1. The lowest BCUT2D eigenvalue weighted by molar-refractivity contribution is -0.137. The van der Waals surface area contributed by atoms with E-state index in [1.54, 1.807) is 7.05 Å². The molecule has 2 atom stereocenters. The molecule has 14 heteroatoms. The van der Waals surface area contributed by atoms with Crippen molar-refractivity contribution < 1.29 is 26.9 Å². The van der Waals surface area contributed by atoms with Crippen molar-refractivity contribution in [2.24, 2.45) is 0 Å². The second-order valence-corrected chi connectivity index (χ2v) is 13.7. The summed E-state index contributed by atoms with van der Waals surface area (Å²) in [5, 5.41) is 3.12. The Balaban J connectivity index is 1.28. The summed E-state index contributed by atoms with van der Waals surface area (Å²) in [6.07, 6.45) is -3.27. The fourth-order valence-corrected chi connectivity index (χ4v) is 8.46. The summed E-state index contributed by atoms with van der Waals surface area (Å²) in [6, 6.07) is 8.32. The monoisotopic (exact) mass is 634 g/mol. The molecule has 0 bridgehead atoms. The average Bonchev–Trinajstić information content (AvgIpc) is 3.37. The molecule has 9 nitrogen and oxygen atoms in total. The van der Waals surface area contributed by atoms with E-state index < -0.39 is 22.5 Å². The van der Waals surface area contributed by atoms with Crippen LogP contribution >= 0.6 is 11.3 Å². The van der Waals surface area contributed by atoms with Crippen LogP contribution in [-0.4, -0.2) is 94.2 Å². The third-order valence-electron chi connectivity index (χ3n) is 8.27. The largest absolute Gasteiger partial charge is 0.420 e. The first-order chi connectivity index (χ1) is 20.5. The van der Waals surface area contributed by atoms with Crippen molar-refractivity contribution in [2.45, 2.75) is 43.4 Å². The van der Waals surface area contributed by atoms with E-state index in [9.17, 15) is 22.2 Å². The van der Waals surface area contributed by atoms with Crippen LogP contribution in [0.25, 0.3) is 10.6 Å². The van der Waals surface area contributed by atoms with Crippen LogP contribution in [0.4, 0.5) is 30.5 Å². The second kappa shape index (κ2) is 11.8. The van der Waals surface area contributed by atoms with E-state index >= 15 is 0 Å². The molecule has 43 heavy (non-hydrogen) atoms. The van der Waals surface area contributed by atoms with Crippen LogP contribution in [0.2, 0.25) is 0 Å². The fraction of sp³-hybridized carbons (Fsp3) is 0.483. The lowest BCUT2D eigenvalue weighted by Crippen LogP contribution is -2.60. The minimum absolute atomic E-state index is 0.00330. The van der Waals surface area contributed by atoms with Crippen LogP contribution < -0.4 is 10.2 Å². The number of carbonyl (C=O) groups is 1. The molecule has 1 N–H and O–H groups in total. The first kappa shape index (κ1) is 30.0. The SMILES string of the molecule is CCc1cc(N2CCN(C3COC3)C(C)C2)ccc1Nc1ncc(C(F)(F)F)c(-c2cc3c(s2)C(=O)N(C)CCS3=O)n1. The zero-order valence-corrected chi connectivity index (χ0v) is 25.7. The Morgan fingerprint density at radius 3 is 2.65 bits per heavy atom. The van der Waals surface area contributed by atoms with Gasteiger partial charge in [-0.05, 0) is 43.2 Å². The summed E-state index contributed by atoms with van der Waals surface area (Å²) >= 11 is 0.877. The number of piperazine rings is 1. The van der Waals surface area contributed by atoms with Crippen molar-refractivity contribution in [1.29, 1.82) is 0 Å². The number of amides is 1. The number of fused-ring (bicyclic) bond motifs is 1. The van der Waals surface area contributed by atoms with Crippen LogP contribution in [0.5, 0.6) is 0 Å². The molecule has 1 amide bonds. The van der Waals surface area contributed by atoms with Gasteiger partial charge in [-0.25, -0.2) is 9.97 Å². The highest BCUT2D eigenvalue weighted by molar-refractivity contribution is 7.85. The average molecular weight is 635 g/mol. The molecule has 0 spiro atoms. The Labute approximate surface area is 254 Å². The number of nitrogens with zero attached hydrogens (tertiary/aromatic N) is 5. The Kier molecular flexibility index (Phi) is 8.22. The Morgan fingerprint density at radius 1 is 1.19 bits per heavy atom. The fourth-order valence-electron chi connectivity index (χ4n) is 5.73. The van der Waals surface area contributed by atoms with E-state index in [0.29, 0.717) is 30.7 Å². The third kappa shape index (κ3) is 5.89. The van der Waals surface area contributed by atoms with Crippen LogP contribution in [-0.2, 0) is 28.1 Å². The molecule has 1 aromatic carbocycles. The molecule has 2 saturated heterocycles. The van der Waals surface area contributed by atoms with E-state index in [2.05, 4.69) is 38.1 Å². The van der Waals surface area contributed by atoms with Gasteiger partial charge < -0.3 is 19.9 Å². The number of hydrogen-bond acceptors (Lipinski definition) is 9. The number of benzene rings is 1. The number of halogens is 3. The minimum Gasteiger partial charge on any atom is -0.378 e. The van der Waals surface area contributed by atoms with E-state index in [-0.39, 0.29) is 38.0 Å². The van der Waals surface area contributed by atoms with Gasteiger partial charge in [0.25, 0.3) is 5.91 Å². The van der Waals surface area contributed by atoms with Crippen molar-refractivity contribution in [2.75, 3.05) is 62.4 Å². The molecule has 3 aliphatic heterocycles. The summed E-state index contributed by atoms with van der Waals surface area (Å²) in [5.41, 5.74) is 1.41. The van der Waals surface area contributed by atoms with Crippen molar-refractivity contribution in [3.63, 3.8) is 0 Å². The van der Waals surface area contributed by atoms with Gasteiger partial charge in [-0.3, -0.25) is 13.9 Å².